The molecule has 0 amide bonds. The van der Waals surface area contributed by atoms with Crippen LogP contribution in [0.25, 0.3) is 0 Å². The molecule has 0 aliphatic rings. The Balaban J connectivity index is 2.01. The van der Waals surface area contributed by atoms with Crippen molar-refractivity contribution in [3.05, 3.63) is 47.0 Å². The number of nitrogens with two attached hydrogens (primary N) is 1. The van der Waals surface area contributed by atoms with Gasteiger partial charge in [0.25, 0.3) is 0 Å². The Bertz CT molecular complexity index is 493. The molecule has 5 nitrogen and oxygen atoms in total. The maximum absolute atomic E-state index is 5.81. The Kier molecular flexibility index (Phi) is 4.30. The molecular weight excluding hydrogens is 250 g/mol. The molecule has 2 aromatic heterocycles. The Morgan fingerprint density at radius 3 is 2.83 bits per heavy atom. The number of rotatable bonds is 5. The van der Waals surface area contributed by atoms with Gasteiger partial charge in [-0.2, -0.15) is 5.10 Å². The van der Waals surface area contributed by atoms with Gasteiger partial charge in [-0.05, 0) is 31.0 Å². The van der Waals surface area contributed by atoms with E-state index in [1.54, 1.807) is 12.4 Å². The number of pyridine rings is 1. The van der Waals surface area contributed by atoms with E-state index < -0.39 is 0 Å². The van der Waals surface area contributed by atoms with E-state index in [4.69, 9.17) is 17.4 Å². The molecule has 96 valence electrons. The van der Waals surface area contributed by atoms with Gasteiger partial charge >= 0.3 is 0 Å². The molecule has 0 aliphatic carbocycles. The quantitative estimate of drug-likeness (QED) is 0.637. The van der Waals surface area contributed by atoms with Crippen molar-refractivity contribution < 1.29 is 0 Å². The largest absolute Gasteiger partial charge is 0.273 e. The predicted octanol–water partition coefficient (Wildman–Crippen LogP) is 1.61. The third kappa shape index (κ3) is 3.07. The average molecular weight is 266 g/mol. The molecule has 0 radical (unpaired) electrons. The van der Waals surface area contributed by atoms with E-state index in [9.17, 15) is 0 Å². The van der Waals surface area contributed by atoms with Crippen molar-refractivity contribution in [2.24, 2.45) is 12.9 Å². The van der Waals surface area contributed by atoms with Gasteiger partial charge in [0.2, 0.25) is 0 Å². The lowest BCUT2D eigenvalue weighted by molar-refractivity contribution is 0.496. The van der Waals surface area contributed by atoms with Gasteiger partial charge in [0.1, 0.15) is 0 Å². The highest BCUT2D eigenvalue weighted by molar-refractivity contribution is 6.30. The fraction of sp³-hybridized carbons (Fsp3) is 0.333. The molecule has 6 heteroatoms. The highest BCUT2D eigenvalue weighted by Gasteiger charge is 2.12. The van der Waals surface area contributed by atoms with Crippen LogP contribution < -0.4 is 11.3 Å². The number of hydrogen-bond acceptors (Lipinski definition) is 4. The summed E-state index contributed by atoms with van der Waals surface area (Å²) >= 11 is 5.81. The van der Waals surface area contributed by atoms with Crippen LogP contribution in [-0.2, 0) is 13.5 Å². The van der Waals surface area contributed by atoms with Crippen LogP contribution >= 0.6 is 11.6 Å². The summed E-state index contributed by atoms with van der Waals surface area (Å²) in [4.78, 5) is 4.27. The zero-order chi connectivity index (χ0) is 13.0. The number of hydrogen-bond donors (Lipinski definition) is 2. The molecule has 2 aromatic rings. The number of aromatic nitrogens is 3. The van der Waals surface area contributed by atoms with E-state index in [0.717, 1.165) is 18.5 Å². The lowest BCUT2D eigenvalue weighted by atomic mass is 10.1. The Morgan fingerprint density at radius 1 is 1.44 bits per heavy atom. The summed E-state index contributed by atoms with van der Waals surface area (Å²) in [5, 5.41) is 4.76. The molecule has 0 bridgehead atoms. The van der Waals surface area contributed by atoms with Crippen LogP contribution in [0.1, 0.15) is 23.9 Å². The SMILES string of the molecule is Cn1nccc1CCC(NN)c1ccc(Cl)cn1. The van der Waals surface area contributed by atoms with Gasteiger partial charge in [-0.1, -0.05) is 11.6 Å². The minimum atomic E-state index is 0.0113. The van der Waals surface area contributed by atoms with Gasteiger partial charge < -0.3 is 0 Å². The summed E-state index contributed by atoms with van der Waals surface area (Å²) in [7, 11) is 1.93. The summed E-state index contributed by atoms with van der Waals surface area (Å²) in [6, 6.07) is 5.72. The van der Waals surface area contributed by atoms with E-state index in [2.05, 4.69) is 15.5 Å². The first-order valence-electron chi connectivity index (χ1n) is 5.75. The molecule has 0 saturated heterocycles. The van der Waals surface area contributed by atoms with Crippen LogP contribution in [-0.4, -0.2) is 14.8 Å². The zero-order valence-corrected chi connectivity index (χ0v) is 10.9. The van der Waals surface area contributed by atoms with E-state index >= 15 is 0 Å². The predicted molar refractivity (Wildman–Crippen MR) is 70.8 cm³/mol. The number of nitrogens with one attached hydrogen (secondary N) is 1. The van der Waals surface area contributed by atoms with E-state index in [1.165, 1.54) is 5.69 Å². The van der Waals surface area contributed by atoms with Crippen LogP contribution in [0, 0.1) is 0 Å². The highest BCUT2D eigenvalue weighted by atomic mass is 35.5. The van der Waals surface area contributed by atoms with Gasteiger partial charge in [-0.15, -0.1) is 0 Å². The smallest absolute Gasteiger partial charge is 0.0635 e. The molecule has 0 saturated carbocycles. The molecule has 1 atom stereocenters. The van der Waals surface area contributed by atoms with Gasteiger partial charge in [-0.3, -0.25) is 20.9 Å². The lowest BCUT2D eigenvalue weighted by Crippen LogP contribution is -2.29. The molecule has 3 N–H and O–H groups in total. The summed E-state index contributed by atoms with van der Waals surface area (Å²) in [5.74, 6) is 5.57. The first kappa shape index (κ1) is 13.0. The van der Waals surface area contributed by atoms with Crippen LogP contribution in [0.15, 0.2) is 30.6 Å². The van der Waals surface area contributed by atoms with Crippen LogP contribution in [0.4, 0.5) is 0 Å². The molecular formula is C12H16ClN5. The summed E-state index contributed by atoms with van der Waals surface area (Å²) < 4.78 is 1.86. The molecule has 2 heterocycles. The van der Waals surface area contributed by atoms with Crippen LogP contribution in [0.2, 0.25) is 5.02 Å². The van der Waals surface area contributed by atoms with E-state index in [-0.39, 0.29) is 6.04 Å². The molecule has 0 spiro atoms. The fourth-order valence-corrected chi connectivity index (χ4v) is 1.96. The van der Waals surface area contributed by atoms with Crippen molar-refractivity contribution in [2.75, 3.05) is 0 Å². The molecule has 0 aliphatic heterocycles. The Hall–Kier alpha value is -1.43. The van der Waals surface area contributed by atoms with E-state index in [0.29, 0.717) is 5.02 Å². The highest BCUT2D eigenvalue weighted by Crippen LogP contribution is 2.17. The maximum Gasteiger partial charge on any atom is 0.0635 e. The first-order valence-corrected chi connectivity index (χ1v) is 6.13. The van der Waals surface area contributed by atoms with Crippen molar-refractivity contribution in [1.82, 2.24) is 20.2 Å². The second-order valence-corrected chi connectivity index (χ2v) is 4.54. The molecule has 18 heavy (non-hydrogen) atoms. The fourth-order valence-electron chi connectivity index (χ4n) is 1.85. The Labute approximate surface area is 111 Å². The maximum atomic E-state index is 5.81. The molecule has 0 aromatic carbocycles. The minimum absolute atomic E-state index is 0.0113. The Morgan fingerprint density at radius 2 is 2.28 bits per heavy atom. The second-order valence-electron chi connectivity index (χ2n) is 4.11. The topological polar surface area (TPSA) is 68.8 Å². The average Bonchev–Trinajstić information content (AvgIpc) is 2.78. The van der Waals surface area contributed by atoms with Gasteiger partial charge in [0, 0.05) is 25.1 Å². The van der Waals surface area contributed by atoms with Crippen molar-refractivity contribution in [2.45, 2.75) is 18.9 Å². The third-order valence-corrected chi connectivity index (χ3v) is 3.14. The zero-order valence-electron chi connectivity index (χ0n) is 10.2. The van der Waals surface area contributed by atoms with Crippen molar-refractivity contribution in [3.8, 4) is 0 Å². The second kappa shape index (κ2) is 5.95. The summed E-state index contributed by atoms with van der Waals surface area (Å²) in [6.07, 6.45) is 5.16. The third-order valence-electron chi connectivity index (χ3n) is 2.92. The van der Waals surface area contributed by atoms with E-state index in [1.807, 2.05) is 29.9 Å². The van der Waals surface area contributed by atoms with Gasteiger partial charge in [-0.25, -0.2) is 0 Å². The van der Waals surface area contributed by atoms with Crippen molar-refractivity contribution in [3.63, 3.8) is 0 Å². The van der Waals surface area contributed by atoms with Crippen LogP contribution in [0.3, 0.4) is 0 Å². The standard InChI is InChI=1S/C12H16ClN5/c1-18-10(6-7-16-18)3-5-12(17-14)11-4-2-9(13)8-15-11/h2,4,6-8,12,17H,3,5,14H2,1H3. The molecule has 1 unspecified atom stereocenters. The number of hydrazine groups is 1. The van der Waals surface area contributed by atoms with Gasteiger partial charge in [0.15, 0.2) is 0 Å². The molecule has 2 rings (SSSR count). The molecule has 0 fully saturated rings. The monoisotopic (exact) mass is 265 g/mol. The normalized spacial score (nSPS) is 12.6. The summed E-state index contributed by atoms with van der Waals surface area (Å²) in [5.41, 5.74) is 4.85. The number of aryl methyl sites for hydroxylation is 2. The lowest BCUT2D eigenvalue weighted by Gasteiger charge is -2.15. The van der Waals surface area contributed by atoms with Crippen LogP contribution in [0.5, 0.6) is 0 Å². The number of halogens is 1. The van der Waals surface area contributed by atoms with Crippen molar-refractivity contribution in [1.29, 1.82) is 0 Å². The van der Waals surface area contributed by atoms with Crippen molar-refractivity contribution >= 4 is 11.6 Å². The first-order chi connectivity index (χ1) is 8.70. The number of nitrogens with zero attached hydrogens (tertiary/aromatic N) is 3. The van der Waals surface area contributed by atoms with Gasteiger partial charge in [0.05, 0.1) is 16.8 Å². The summed E-state index contributed by atoms with van der Waals surface area (Å²) in [6.45, 7) is 0. The minimum Gasteiger partial charge on any atom is -0.273 e.